The van der Waals surface area contributed by atoms with Gasteiger partial charge in [-0.3, -0.25) is 4.79 Å². The lowest BCUT2D eigenvalue weighted by Crippen LogP contribution is -2.23. The van der Waals surface area contributed by atoms with Crippen molar-refractivity contribution in [1.82, 2.24) is 0 Å². The molecule has 5 heteroatoms. The highest BCUT2D eigenvalue weighted by Gasteiger charge is 2.50. The van der Waals surface area contributed by atoms with Crippen molar-refractivity contribution < 1.29 is 13.6 Å². The average molecular weight is 222 g/mol. The summed E-state index contributed by atoms with van der Waals surface area (Å²) in [5.41, 5.74) is -1.27. The molecule has 0 spiro atoms. The first-order valence-corrected chi connectivity index (χ1v) is 4.75. The van der Waals surface area contributed by atoms with Crippen molar-refractivity contribution in [2.75, 3.05) is 5.32 Å². The molecule has 0 aromatic heterocycles. The molecular formula is C11H8F2N2O. The molecule has 3 nitrogen and oxygen atoms in total. The van der Waals surface area contributed by atoms with Crippen LogP contribution in [0.1, 0.15) is 12.8 Å². The second-order valence-electron chi connectivity index (χ2n) is 3.77. The molecule has 1 amide bonds. The summed E-state index contributed by atoms with van der Waals surface area (Å²) in [6.07, 6.45) is 0.929. The molecular weight excluding hydrogens is 214 g/mol. The van der Waals surface area contributed by atoms with Gasteiger partial charge in [0.25, 0.3) is 0 Å². The maximum atomic E-state index is 13.2. The molecule has 1 aromatic rings. The van der Waals surface area contributed by atoms with Crippen LogP contribution in [0.5, 0.6) is 0 Å². The predicted molar refractivity (Wildman–Crippen MR) is 52.3 cm³/mol. The van der Waals surface area contributed by atoms with E-state index in [-0.39, 0.29) is 5.69 Å². The second kappa shape index (κ2) is 3.56. The minimum atomic E-state index is -1.04. The standard InChI is InChI=1S/C11H8F2N2O/c12-7-1-2-8(13)9(5-7)15-10(16)11(6-14)3-4-11/h1-2,5H,3-4H2,(H,15,16). The molecule has 16 heavy (non-hydrogen) atoms. The van der Waals surface area contributed by atoms with E-state index in [4.69, 9.17) is 5.26 Å². The van der Waals surface area contributed by atoms with Crippen LogP contribution >= 0.6 is 0 Å². The molecule has 1 N–H and O–H groups in total. The Hall–Kier alpha value is -1.96. The zero-order valence-corrected chi connectivity index (χ0v) is 8.26. The van der Waals surface area contributed by atoms with E-state index in [0.717, 1.165) is 18.2 Å². The van der Waals surface area contributed by atoms with E-state index in [1.807, 2.05) is 6.07 Å². The van der Waals surface area contributed by atoms with Crippen molar-refractivity contribution in [2.45, 2.75) is 12.8 Å². The van der Waals surface area contributed by atoms with Crippen LogP contribution in [0, 0.1) is 28.4 Å². The van der Waals surface area contributed by atoms with Crippen molar-refractivity contribution in [1.29, 1.82) is 5.26 Å². The summed E-state index contributed by atoms with van der Waals surface area (Å²) in [6, 6.07) is 4.66. The number of hydrogen-bond donors (Lipinski definition) is 1. The second-order valence-corrected chi connectivity index (χ2v) is 3.77. The topological polar surface area (TPSA) is 52.9 Å². The first-order chi connectivity index (χ1) is 7.57. The molecule has 1 aliphatic rings. The third-order valence-electron chi connectivity index (χ3n) is 2.58. The average Bonchev–Trinajstić information content (AvgIpc) is 3.04. The Labute approximate surface area is 90.7 Å². The zero-order chi connectivity index (χ0) is 11.8. The molecule has 0 saturated heterocycles. The van der Waals surface area contributed by atoms with Crippen molar-refractivity contribution in [3.05, 3.63) is 29.8 Å². The SMILES string of the molecule is N#CC1(C(=O)Nc2cc(F)ccc2F)CC1. The van der Waals surface area contributed by atoms with Crippen molar-refractivity contribution in [2.24, 2.45) is 5.41 Å². The van der Waals surface area contributed by atoms with Gasteiger partial charge in [0.15, 0.2) is 0 Å². The van der Waals surface area contributed by atoms with E-state index in [1.165, 1.54) is 0 Å². The first-order valence-electron chi connectivity index (χ1n) is 4.75. The normalized spacial score (nSPS) is 16.3. The quantitative estimate of drug-likeness (QED) is 0.833. The lowest BCUT2D eigenvalue weighted by Gasteiger charge is -2.08. The maximum Gasteiger partial charge on any atom is 0.244 e. The summed E-state index contributed by atoms with van der Waals surface area (Å²) in [5, 5.41) is 11.0. The Morgan fingerprint density at radius 2 is 2.12 bits per heavy atom. The number of nitrogens with zero attached hydrogens (tertiary/aromatic N) is 1. The van der Waals surface area contributed by atoms with E-state index in [0.29, 0.717) is 12.8 Å². The summed E-state index contributed by atoms with van der Waals surface area (Å²) >= 11 is 0. The van der Waals surface area contributed by atoms with Gasteiger partial charge in [-0.2, -0.15) is 5.26 Å². The maximum absolute atomic E-state index is 13.2. The number of benzene rings is 1. The van der Waals surface area contributed by atoms with E-state index in [1.54, 1.807) is 0 Å². The van der Waals surface area contributed by atoms with Crippen molar-refractivity contribution in [3.63, 3.8) is 0 Å². The number of nitrogens with one attached hydrogen (secondary N) is 1. The van der Waals surface area contributed by atoms with Gasteiger partial charge in [0.05, 0.1) is 11.8 Å². The van der Waals surface area contributed by atoms with Crippen LogP contribution in [0.4, 0.5) is 14.5 Å². The van der Waals surface area contributed by atoms with Gasteiger partial charge in [0.1, 0.15) is 17.0 Å². The summed E-state index contributed by atoms with van der Waals surface area (Å²) in [5.74, 6) is -1.93. The fourth-order valence-corrected chi connectivity index (χ4v) is 1.35. The molecule has 1 saturated carbocycles. The van der Waals surface area contributed by atoms with Gasteiger partial charge in [-0.1, -0.05) is 0 Å². The number of carbonyl (C=O) groups excluding carboxylic acids is 1. The van der Waals surface area contributed by atoms with E-state index in [2.05, 4.69) is 5.32 Å². The van der Waals surface area contributed by atoms with Gasteiger partial charge in [-0.25, -0.2) is 8.78 Å². The highest BCUT2D eigenvalue weighted by Crippen LogP contribution is 2.45. The molecule has 0 radical (unpaired) electrons. The van der Waals surface area contributed by atoms with E-state index >= 15 is 0 Å². The number of rotatable bonds is 2. The van der Waals surface area contributed by atoms with E-state index in [9.17, 15) is 13.6 Å². The van der Waals surface area contributed by atoms with Gasteiger partial charge in [0.2, 0.25) is 5.91 Å². The highest BCUT2D eigenvalue weighted by atomic mass is 19.1. The minimum absolute atomic E-state index is 0.230. The van der Waals surface area contributed by atoms with Crippen molar-refractivity contribution >= 4 is 11.6 Å². The number of carbonyl (C=O) groups is 1. The Kier molecular flexibility index (Phi) is 2.35. The van der Waals surface area contributed by atoms with Crippen LogP contribution in [0.25, 0.3) is 0 Å². The monoisotopic (exact) mass is 222 g/mol. The van der Waals surface area contributed by atoms with Crippen LogP contribution in [-0.4, -0.2) is 5.91 Å². The van der Waals surface area contributed by atoms with Gasteiger partial charge >= 0.3 is 0 Å². The molecule has 1 aromatic carbocycles. The smallest absolute Gasteiger partial charge is 0.244 e. The van der Waals surface area contributed by atoms with E-state index < -0.39 is 23.0 Å². The summed E-state index contributed by atoms with van der Waals surface area (Å²) in [7, 11) is 0. The van der Waals surface area contributed by atoms with Gasteiger partial charge in [0, 0.05) is 6.07 Å². The van der Waals surface area contributed by atoms with Crippen molar-refractivity contribution in [3.8, 4) is 6.07 Å². The van der Waals surface area contributed by atoms with Gasteiger partial charge < -0.3 is 5.32 Å². The third kappa shape index (κ3) is 1.74. The summed E-state index contributed by atoms with van der Waals surface area (Å²) in [4.78, 5) is 11.6. The zero-order valence-electron chi connectivity index (χ0n) is 8.26. The molecule has 0 heterocycles. The lowest BCUT2D eigenvalue weighted by atomic mass is 10.1. The predicted octanol–water partition coefficient (Wildman–Crippen LogP) is 2.21. The number of nitriles is 1. The molecule has 0 unspecified atom stereocenters. The van der Waals surface area contributed by atoms with Crippen LogP contribution in [0.15, 0.2) is 18.2 Å². The fourth-order valence-electron chi connectivity index (χ4n) is 1.35. The molecule has 2 rings (SSSR count). The number of amides is 1. The molecule has 1 fully saturated rings. The van der Waals surface area contributed by atoms with Gasteiger partial charge in [-0.05, 0) is 25.0 Å². The third-order valence-corrected chi connectivity index (χ3v) is 2.58. The fraction of sp³-hybridized carbons (Fsp3) is 0.273. The highest BCUT2D eigenvalue weighted by molar-refractivity contribution is 5.99. The Bertz CT molecular complexity index is 489. The number of halogens is 2. The Morgan fingerprint density at radius 1 is 1.44 bits per heavy atom. The minimum Gasteiger partial charge on any atom is -0.322 e. The molecule has 0 bridgehead atoms. The molecule has 1 aliphatic carbocycles. The van der Waals surface area contributed by atoms with Crippen LogP contribution in [-0.2, 0) is 4.79 Å². The van der Waals surface area contributed by atoms with Gasteiger partial charge in [-0.15, -0.1) is 0 Å². The molecule has 82 valence electrons. The summed E-state index contributed by atoms with van der Waals surface area (Å²) in [6.45, 7) is 0. The van der Waals surface area contributed by atoms with Crippen LogP contribution in [0.3, 0.4) is 0 Å². The van der Waals surface area contributed by atoms with Crippen LogP contribution in [0.2, 0.25) is 0 Å². The summed E-state index contributed by atoms with van der Waals surface area (Å²) < 4.78 is 26.0. The Balaban J connectivity index is 2.19. The largest absolute Gasteiger partial charge is 0.322 e. The number of anilines is 1. The molecule has 0 atom stereocenters. The Morgan fingerprint density at radius 3 is 2.69 bits per heavy atom. The number of hydrogen-bond acceptors (Lipinski definition) is 2. The van der Waals surface area contributed by atoms with Crippen LogP contribution < -0.4 is 5.32 Å². The first kappa shape index (κ1) is 10.6. The molecule has 0 aliphatic heterocycles. The lowest BCUT2D eigenvalue weighted by molar-refractivity contribution is -0.119.